The maximum absolute atomic E-state index is 9.51. The van der Waals surface area contributed by atoms with E-state index < -0.39 is 5.54 Å². The normalized spacial score (nSPS) is 25.1. The van der Waals surface area contributed by atoms with E-state index in [1.54, 1.807) is 0 Å². The zero-order valence-electron chi connectivity index (χ0n) is 11.6. The summed E-state index contributed by atoms with van der Waals surface area (Å²) in [6, 6.07) is 2.50. The van der Waals surface area contributed by atoms with E-state index in [0.717, 1.165) is 6.54 Å². The summed E-state index contributed by atoms with van der Waals surface area (Å²) in [5, 5.41) is 12.9. The number of likely N-dealkylation sites (N-methyl/N-ethyl adjacent to an activating group) is 1. The molecule has 0 spiro atoms. The molecule has 102 valence electrons. The predicted octanol–water partition coefficient (Wildman–Crippen LogP) is 3.01. The van der Waals surface area contributed by atoms with Crippen molar-refractivity contribution in [3.63, 3.8) is 0 Å². The smallest absolute Gasteiger partial charge is 0.133 e. The number of hydrogen-bond donors (Lipinski definition) is 1. The van der Waals surface area contributed by atoms with Gasteiger partial charge in [0, 0.05) is 0 Å². The van der Waals surface area contributed by atoms with Crippen LogP contribution in [-0.2, 0) is 4.74 Å². The van der Waals surface area contributed by atoms with Gasteiger partial charge in [0.15, 0.2) is 0 Å². The first-order chi connectivity index (χ1) is 8.80. The van der Waals surface area contributed by atoms with Crippen molar-refractivity contribution in [1.82, 2.24) is 5.32 Å². The lowest BCUT2D eigenvalue weighted by atomic mass is 9.96. The first kappa shape index (κ1) is 13.8. The lowest BCUT2D eigenvalue weighted by molar-refractivity contribution is 0.0103. The van der Waals surface area contributed by atoms with Crippen LogP contribution in [0.25, 0.3) is 0 Å². The van der Waals surface area contributed by atoms with Gasteiger partial charge in [-0.25, -0.2) is 0 Å². The molecule has 2 aliphatic rings. The van der Waals surface area contributed by atoms with Gasteiger partial charge in [-0.15, -0.1) is 0 Å². The third-order valence-corrected chi connectivity index (χ3v) is 4.31. The van der Waals surface area contributed by atoms with E-state index in [1.807, 2.05) is 0 Å². The summed E-state index contributed by atoms with van der Waals surface area (Å²) in [5.74, 6) is 0.508. The average Bonchev–Trinajstić information content (AvgIpc) is 3.21. The lowest BCUT2D eigenvalue weighted by Gasteiger charge is -2.29. The molecular formula is C15H26N2O. The molecule has 3 heteroatoms. The monoisotopic (exact) mass is 250 g/mol. The second kappa shape index (κ2) is 6.54. The van der Waals surface area contributed by atoms with Gasteiger partial charge in [-0.05, 0) is 38.1 Å². The SMILES string of the molecule is CCNC(C#N)(COC1CCCCCC1)C1CC1. The Bertz CT molecular complexity index is 287. The van der Waals surface area contributed by atoms with E-state index in [2.05, 4.69) is 18.3 Å². The standard InChI is InChI=1S/C15H26N2O/c1-2-17-15(11-16,13-9-10-13)12-18-14-7-5-3-4-6-8-14/h13-14,17H,2-10,12H2,1H3. The Morgan fingerprint density at radius 2 is 1.83 bits per heavy atom. The van der Waals surface area contributed by atoms with Gasteiger partial charge in [0.25, 0.3) is 0 Å². The molecule has 0 bridgehead atoms. The maximum atomic E-state index is 9.51. The van der Waals surface area contributed by atoms with Crippen molar-refractivity contribution in [1.29, 1.82) is 5.26 Å². The summed E-state index contributed by atoms with van der Waals surface area (Å²) < 4.78 is 6.09. The van der Waals surface area contributed by atoms with Gasteiger partial charge in [0.2, 0.25) is 0 Å². The number of nitriles is 1. The van der Waals surface area contributed by atoms with E-state index in [1.165, 1.54) is 51.4 Å². The molecule has 1 N–H and O–H groups in total. The van der Waals surface area contributed by atoms with Gasteiger partial charge in [-0.2, -0.15) is 5.26 Å². The van der Waals surface area contributed by atoms with Gasteiger partial charge >= 0.3 is 0 Å². The molecule has 0 aromatic heterocycles. The Morgan fingerprint density at radius 3 is 2.33 bits per heavy atom. The van der Waals surface area contributed by atoms with Crippen molar-refractivity contribution < 1.29 is 4.74 Å². The van der Waals surface area contributed by atoms with Gasteiger partial charge in [-0.3, -0.25) is 5.32 Å². The predicted molar refractivity (Wildman–Crippen MR) is 72.2 cm³/mol. The van der Waals surface area contributed by atoms with Crippen LogP contribution in [0, 0.1) is 17.2 Å². The molecule has 0 saturated heterocycles. The highest BCUT2D eigenvalue weighted by Crippen LogP contribution is 2.40. The number of nitrogens with one attached hydrogen (secondary N) is 1. The molecule has 0 radical (unpaired) electrons. The van der Waals surface area contributed by atoms with Crippen LogP contribution >= 0.6 is 0 Å². The fourth-order valence-electron chi connectivity index (χ4n) is 3.03. The summed E-state index contributed by atoms with van der Waals surface area (Å²) in [4.78, 5) is 0. The van der Waals surface area contributed by atoms with Crippen LogP contribution in [-0.4, -0.2) is 24.8 Å². The molecule has 0 aromatic carbocycles. The molecule has 1 unspecified atom stereocenters. The molecule has 3 nitrogen and oxygen atoms in total. The molecule has 0 aromatic rings. The van der Waals surface area contributed by atoms with Crippen molar-refractivity contribution in [3.05, 3.63) is 0 Å². The minimum atomic E-state index is -0.416. The van der Waals surface area contributed by atoms with Crippen LogP contribution in [0.1, 0.15) is 58.3 Å². The topological polar surface area (TPSA) is 45.0 Å². The van der Waals surface area contributed by atoms with Crippen LogP contribution in [0.5, 0.6) is 0 Å². The van der Waals surface area contributed by atoms with Crippen molar-refractivity contribution >= 4 is 0 Å². The first-order valence-corrected chi connectivity index (χ1v) is 7.58. The number of rotatable bonds is 6. The van der Waals surface area contributed by atoms with Crippen molar-refractivity contribution in [2.45, 2.75) is 69.9 Å². The van der Waals surface area contributed by atoms with Gasteiger partial charge < -0.3 is 4.74 Å². The fraction of sp³-hybridized carbons (Fsp3) is 0.933. The molecule has 2 aliphatic carbocycles. The molecule has 2 fully saturated rings. The second-order valence-corrected chi connectivity index (χ2v) is 5.81. The number of ether oxygens (including phenoxy) is 1. The van der Waals surface area contributed by atoms with Crippen molar-refractivity contribution in [2.24, 2.45) is 5.92 Å². The maximum Gasteiger partial charge on any atom is 0.133 e. The largest absolute Gasteiger partial charge is 0.375 e. The Balaban J connectivity index is 1.86. The molecule has 0 aliphatic heterocycles. The lowest BCUT2D eigenvalue weighted by Crippen LogP contribution is -2.50. The van der Waals surface area contributed by atoms with Crippen LogP contribution in [0.4, 0.5) is 0 Å². The third kappa shape index (κ3) is 3.46. The Labute approximate surface area is 111 Å². The minimum absolute atomic E-state index is 0.387. The van der Waals surface area contributed by atoms with Crippen molar-refractivity contribution in [3.8, 4) is 6.07 Å². The molecule has 2 saturated carbocycles. The number of nitrogens with zero attached hydrogens (tertiary/aromatic N) is 1. The highest BCUT2D eigenvalue weighted by Gasteiger charge is 2.45. The van der Waals surface area contributed by atoms with Crippen LogP contribution in [0.2, 0.25) is 0 Å². The van der Waals surface area contributed by atoms with E-state index >= 15 is 0 Å². The van der Waals surface area contributed by atoms with Crippen molar-refractivity contribution in [2.75, 3.05) is 13.2 Å². The van der Waals surface area contributed by atoms with Crippen LogP contribution in [0.15, 0.2) is 0 Å². The van der Waals surface area contributed by atoms with Gasteiger partial charge in [0.1, 0.15) is 5.54 Å². The Morgan fingerprint density at radius 1 is 1.17 bits per heavy atom. The first-order valence-electron chi connectivity index (χ1n) is 7.58. The zero-order chi connectivity index (χ0) is 12.8. The number of hydrogen-bond acceptors (Lipinski definition) is 3. The zero-order valence-corrected chi connectivity index (χ0v) is 11.6. The van der Waals surface area contributed by atoms with Crippen LogP contribution < -0.4 is 5.32 Å². The quantitative estimate of drug-likeness (QED) is 0.737. The summed E-state index contributed by atoms with van der Waals surface area (Å²) in [7, 11) is 0. The summed E-state index contributed by atoms with van der Waals surface area (Å²) in [5.41, 5.74) is -0.416. The van der Waals surface area contributed by atoms with Gasteiger partial charge in [-0.1, -0.05) is 32.6 Å². The Hall–Kier alpha value is -0.590. The molecule has 0 heterocycles. The van der Waals surface area contributed by atoms with E-state index in [0.29, 0.717) is 18.6 Å². The summed E-state index contributed by atoms with van der Waals surface area (Å²) >= 11 is 0. The highest BCUT2D eigenvalue weighted by atomic mass is 16.5. The third-order valence-electron chi connectivity index (χ3n) is 4.31. The summed E-state index contributed by atoms with van der Waals surface area (Å²) in [6.07, 6.45) is 10.4. The second-order valence-electron chi connectivity index (χ2n) is 5.81. The van der Waals surface area contributed by atoms with E-state index in [4.69, 9.17) is 4.74 Å². The molecule has 2 rings (SSSR count). The van der Waals surface area contributed by atoms with E-state index in [9.17, 15) is 5.26 Å². The molecule has 18 heavy (non-hydrogen) atoms. The summed E-state index contributed by atoms with van der Waals surface area (Å²) in [6.45, 7) is 3.49. The van der Waals surface area contributed by atoms with Gasteiger partial charge in [0.05, 0.1) is 18.8 Å². The molecule has 0 amide bonds. The van der Waals surface area contributed by atoms with E-state index in [-0.39, 0.29) is 0 Å². The molecular weight excluding hydrogens is 224 g/mol. The molecule has 1 atom stereocenters. The Kier molecular flexibility index (Phi) is 5.03. The highest BCUT2D eigenvalue weighted by molar-refractivity contribution is 5.15. The van der Waals surface area contributed by atoms with Crippen LogP contribution in [0.3, 0.4) is 0 Å². The fourth-order valence-corrected chi connectivity index (χ4v) is 3.03. The average molecular weight is 250 g/mol. The minimum Gasteiger partial charge on any atom is -0.375 e.